The lowest BCUT2D eigenvalue weighted by atomic mass is 10.0. The number of nitrogens with zero attached hydrogens (tertiary/aromatic N) is 6. The van der Waals surface area contributed by atoms with Crippen molar-refractivity contribution in [3.63, 3.8) is 0 Å². The summed E-state index contributed by atoms with van der Waals surface area (Å²) in [6, 6.07) is 3.94. The number of amides is 1. The highest BCUT2D eigenvalue weighted by Gasteiger charge is 2.26. The van der Waals surface area contributed by atoms with Crippen molar-refractivity contribution in [3.8, 4) is 10.7 Å². The fourth-order valence-electron chi connectivity index (χ4n) is 3.89. The number of aryl methyl sites for hydroxylation is 1. The summed E-state index contributed by atoms with van der Waals surface area (Å²) in [5, 5.41) is 11.7. The normalized spacial score (nSPS) is 15.4. The van der Waals surface area contributed by atoms with Gasteiger partial charge in [0.15, 0.2) is 5.01 Å². The Hall–Kier alpha value is -2.59. The van der Waals surface area contributed by atoms with Crippen LogP contribution in [0.1, 0.15) is 23.5 Å². The Kier molecular flexibility index (Phi) is 6.47. The van der Waals surface area contributed by atoms with Crippen molar-refractivity contribution in [1.82, 2.24) is 30.0 Å². The van der Waals surface area contributed by atoms with Crippen LogP contribution in [0.5, 0.6) is 0 Å². The molecule has 1 aliphatic rings. The molecule has 0 atom stereocenters. The van der Waals surface area contributed by atoms with E-state index in [1.807, 2.05) is 19.1 Å². The number of hydrogen-bond donors (Lipinski definition) is 0. The van der Waals surface area contributed by atoms with Crippen molar-refractivity contribution in [2.45, 2.75) is 38.7 Å². The van der Waals surface area contributed by atoms with Crippen LogP contribution >= 0.6 is 11.3 Å². The summed E-state index contributed by atoms with van der Waals surface area (Å²) in [7, 11) is 1.72. The SMILES string of the molecule is Cc1nnc(-c2cc3cc(CC(=O)N4CCC(N(C)CC(F)F)CC4)ncc3cn2)s1. The molecule has 0 aromatic carbocycles. The fourth-order valence-corrected chi connectivity index (χ4v) is 4.55. The van der Waals surface area contributed by atoms with Crippen molar-refractivity contribution < 1.29 is 13.6 Å². The molecule has 0 bridgehead atoms. The first-order valence-electron chi connectivity index (χ1n) is 10.2. The van der Waals surface area contributed by atoms with Gasteiger partial charge in [-0.15, -0.1) is 10.2 Å². The van der Waals surface area contributed by atoms with Gasteiger partial charge in [-0.25, -0.2) is 8.78 Å². The molecule has 0 radical (unpaired) electrons. The highest BCUT2D eigenvalue weighted by molar-refractivity contribution is 7.14. The second kappa shape index (κ2) is 9.27. The molecule has 3 aromatic heterocycles. The Labute approximate surface area is 183 Å². The number of carbonyl (C=O) groups is 1. The van der Waals surface area contributed by atoms with Crippen molar-refractivity contribution in [3.05, 3.63) is 35.2 Å². The predicted octanol–water partition coefficient (Wildman–Crippen LogP) is 3.19. The van der Waals surface area contributed by atoms with E-state index < -0.39 is 6.43 Å². The van der Waals surface area contributed by atoms with Gasteiger partial charge in [0.05, 0.1) is 18.7 Å². The standard InChI is InChI=1S/C21H24F2N6OS/c1-13-26-27-21(31-13)18-8-14-7-16(24-10-15(14)11-25-18)9-20(30)29-5-3-17(4-6-29)28(2)12-19(22)23/h7-8,10-11,17,19H,3-6,9,12H2,1-2H3. The number of rotatable bonds is 6. The van der Waals surface area contributed by atoms with Gasteiger partial charge in [0.2, 0.25) is 5.91 Å². The molecule has 3 aromatic rings. The zero-order valence-corrected chi connectivity index (χ0v) is 18.3. The van der Waals surface area contributed by atoms with Crippen LogP contribution in [0.25, 0.3) is 21.5 Å². The molecule has 0 saturated carbocycles. The lowest BCUT2D eigenvalue weighted by molar-refractivity contribution is -0.132. The topological polar surface area (TPSA) is 75.1 Å². The molecule has 10 heteroatoms. The fraction of sp³-hybridized carbons (Fsp3) is 0.476. The average molecular weight is 447 g/mol. The Morgan fingerprint density at radius 2 is 1.94 bits per heavy atom. The maximum atomic E-state index is 12.8. The van der Waals surface area contributed by atoms with Gasteiger partial charge in [-0.1, -0.05) is 11.3 Å². The van der Waals surface area contributed by atoms with Crippen LogP contribution in [0.2, 0.25) is 0 Å². The molecular formula is C21H24F2N6OS. The second-order valence-electron chi connectivity index (χ2n) is 7.84. The predicted molar refractivity (Wildman–Crippen MR) is 115 cm³/mol. The van der Waals surface area contributed by atoms with Gasteiger partial charge in [-0.05, 0) is 44.3 Å². The molecule has 1 aliphatic heterocycles. The molecule has 1 amide bonds. The molecule has 1 saturated heterocycles. The summed E-state index contributed by atoms with van der Waals surface area (Å²) in [5.74, 6) is 0.0100. The van der Waals surface area contributed by atoms with Gasteiger partial charge in [0.1, 0.15) is 10.7 Å². The van der Waals surface area contributed by atoms with Crippen LogP contribution in [0.15, 0.2) is 24.5 Å². The van der Waals surface area contributed by atoms with Crippen LogP contribution < -0.4 is 0 Å². The Morgan fingerprint density at radius 1 is 1.19 bits per heavy atom. The number of alkyl halides is 2. The lowest BCUT2D eigenvalue weighted by Gasteiger charge is -2.36. The molecule has 31 heavy (non-hydrogen) atoms. The smallest absolute Gasteiger partial charge is 0.251 e. The average Bonchev–Trinajstić information content (AvgIpc) is 3.19. The second-order valence-corrected chi connectivity index (χ2v) is 9.02. The third kappa shape index (κ3) is 5.19. The molecule has 4 heterocycles. The highest BCUT2D eigenvalue weighted by Crippen LogP contribution is 2.25. The van der Waals surface area contributed by atoms with Crippen molar-refractivity contribution >= 4 is 28.0 Å². The van der Waals surface area contributed by atoms with Gasteiger partial charge < -0.3 is 4.90 Å². The van der Waals surface area contributed by atoms with Crippen molar-refractivity contribution in [1.29, 1.82) is 0 Å². The highest BCUT2D eigenvalue weighted by atomic mass is 32.1. The molecule has 0 spiro atoms. The summed E-state index contributed by atoms with van der Waals surface area (Å²) in [6.07, 6.45) is 2.76. The van der Waals surface area contributed by atoms with Crippen LogP contribution in [0.3, 0.4) is 0 Å². The number of carbonyl (C=O) groups excluding carboxylic acids is 1. The molecule has 0 unspecified atom stereocenters. The van der Waals surface area contributed by atoms with Crippen LogP contribution in [-0.4, -0.2) is 75.0 Å². The maximum absolute atomic E-state index is 12.8. The summed E-state index contributed by atoms with van der Waals surface area (Å²) >= 11 is 1.48. The van der Waals surface area contributed by atoms with Gasteiger partial charge in [0.25, 0.3) is 6.43 Å². The summed E-state index contributed by atoms with van der Waals surface area (Å²) in [5.41, 5.74) is 1.44. The largest absolute Gasteiger partial charge is 0.342 e. The molecule has 4 rings (SSSR count). The molecule has 7 nitrogen and oxygen atoms in total. The van der Waals surface area contributed by atoms with Crippen LogP contribution in [0, 0.1) is 6.92 Å². The number of pyridine rings is 2. The van der Waals surface area contributed by atoms with Gasteiger partial charge in [-0.2, -0.15) is 0 Å². The van der Waals surface area contributed by atoms with E-state index in [1.165, 1.54) is 11.3 Å². The number of likely N-dealkylation sites (tertiary alicyclic amines) is 1. The van der Waals surface area contributed by atoms with E-state index in [0.717, 1.165) is 26.5 Å². The summed E-state index contributed by atoms with van der Waals surface area (Å²) < 4.78 is 25.2. The van der Waals surface area contributed by atoms with Crippen molar-refractivity contribution in [2.75, 3.05) is 26.7 Å². The maximum Gasteiger partial charge on any atom is 0.251 e. The first-order valence-corrected chi connectivity index (χ1v) is 11.0. The molecule has 164 valence electrons. The minimum absolute atomic E-state index is 0.0100. The first kappa shape index (κ1) is 21.6. The van der Waals surface area contributed by atoms with E-state index in [1.54, 1.807) is 29.2 Å². The number of piperidine rings is 1. The number of halogens is 2. The minimum Gasteiger partial charge on any atom is -0.342 e. The zero-order valence-electron chi connectivity index (χ0n) is 17.5. The Bertz CT molecular complexity index is 1070. The molecular weight excluding hydrogens is 422 g/mol. The summed E-state index contributed by atoms with van der Waals surface area (Å²) in [4.78, 5) is 25.1. The van der Waals surface area contributed by atoms with Crippen LogP contribution in [0.4, 0.5) is 8.78 Å². The zero-order chi connectivity index (χ0) is 22.0. The van der Waals surface area contributed by atoms with E-state index in [2.05, 4.69) is 20.2 Å². The summed E-state index contributed by atoms with van der Waals surface area (Å²) in [6.45, 7) is 2.83. The van der Waals surface area contributed by atoms with E-state index in [9.17, 15) is 13.6 Å². The van der Waals surface area contributed by atoms with Crippen molar-refractivity contribution in [2.24, 2.45) is 0 Å². The molecule has 0 aliphatic carbocycles. The first-order chi connectivity index (χ1) is 14.9. The molecule has 1 fully saturated rings. The number of fused-ring (bicyclic) bond motifs is 1. The third-order valence-electron chi connectivity index (χ3n) is 5.60. The van der Waals surface area contributed by atoms with E-state index in [4.69, 9.17) is 0 Å². The Balaban J connectivity index is 1.41. The van der Waals surface area contributed by atoms with E-state index in [0.29, 0.717) is 31.6 Å². The van der Waals surface area contributed by atoms with E-state index in [-0.39, 0.29) is 24.9 Å². The quantitative estimate of drug-likeness (QED) is 0.579. The van der Waals surface area contributed by atoms with Gasteiger partial charge in [-0.3, -0.25) is 19.7 Å². The monoisotopic (exact) mass is 446 g/mol. The lowest BCUT2D eigenvalue weighted by Crippen LogP contribution is -2.47. The third-order valence-corrected chi connectivity index (χ3v) is 6.47. The Morgan fingerprint density at radius 3 is 2.61 bits per heavy atom. The van der Waals surface area contributed by atoms with E-state index >= 15 is 0 Å². The van der Waals surface area contributed by atoms with Gasteiger partial charge in [0, 0.05) is 36.9 Å². The minimum atomic E-state index is -2.34. The number of hydrogen-bond acceptors (Lipinski definition) is 7. The molecule has 0 N–H and O–H groups in total. The number of aromatic nitrogens is 4. The van der Waals surface area contributed by atoms with Gasteiger partial charge >= 0.3 is 0 Å². The van der Waals surface area contributed by atoms with Crippen LogP contribution in [-0.2, 0) is 11.2 Å².